The number of hydrogen-bond acceptors (Lipinski definition) is 5. The van der Waals surface area contributed by atoms with Crippen LogP contribution in [0.15, 0.2) is 0 Å². The molecule has 0 aromatic rings. The van der Waals surface area contributed by atoms with Gasteiger partial charge in [0.2, 0.25) is 0 Å². The fourth-order valence-corrected chi connectivity index (χ4v) is 3.86. The molecule has 0 spiro atoms. The second-order valence-corrected chi connectivity index (χ2v) is 9.39. The molecule has 6 nitrogen and oxygen atoms in total. The van der Waals surface area contributed by atoms with Gasteiger partial charge in [-0.2, -0.15) is 0 Å². The first-order chi connectivity index (χ1) is 16.6. The molecule has 0 heterocycles. The topological polar surface area (TPSA) is 81.7 Å². The van der Waals surface area contributed by atoms with E-state index < -0.39 is 0 Å². The summed E-state index contributed by atoms with van der Waals surface area (Å²) in [5, 5.41) is 2.61. The number of hydrogen-bond donors (Lipinski definition) is 1. The normalized spacial score (nSPS) is 10.8. The molecule has 0 aliphatic heterocycles. The summed E-state index contributed by atoms with van der Waals surface area (Å²) < 4.78 is 10.1. The van der Waals surface area contributed by atoms with Gasteiger partial charge in [-0.15, -0.1) is 0 Å². The minimum absolute atomic E-state index is 0.147. The average Bonchev–Trinajstić information content (AvgIpc) is 2.83. The van der Waals surface area contributed by atoms with Gasteiger partial charge in [0.15, 0.2) is 6.61 Å². The van der Waals surface area contributed by atoms with Crippen LogP contribution in [0.4, 0.5) is 0 Å². The number of ether oxygens (including phenoxy) is 2. The predicted octanol–water partition coefficient (Wildman–Crippen LogP) is 7.03. The summed E-state index contributed by atoms with van der Waals surface area (Å²) in [7, 11) is 0. The molecule has 0 saturated heterocycles. The van der Waals surface area contributed by atoms with Crippen molar-refractivity contribution in [2.24, 2.45) is 0 Å². The van der Waals surface area contributed by atoms with E-state index in [9.17, 15) is 14.4 Å². The molecule has 0 saturated carbocycles. The highest BCUT2D eigenvalue weighted by atomic mass is 16.5. The molecule has 0 unspecified atom stereocenters. The predicted molar refractivity (Wildman–Crippen MR) is 139 cm³/mol. The number of unbranched alkanes of at least 4 members (excludes halogenated alkanes) is 16. The molecule has 0 aliphatic rings. The Morgan fingerprint density at radius 3 is 1.35 bits per heavy atom. The zero-order chi connectivity index (χ0) is 25.1. The van der Waals surface area contributed by atoms with Crippen LogP contribution in [0.5, 0.6) is 0 Å². The third-order valence-electron chi connectivity index (χ3n) is 6.02. The fraction of sp³-hybridized carbons (Fsp3) is 0.893. The summed E-state index contributed by atoms with van der Waals surface area (Å²) in [6.07, 6.45) is 22.4. The molecule has 34 heavy (non-hydrogen) atoms. The number of esters is 2. The van der Waals surface area contributed by atoms with Crippen molar-refractivity contribution in [1.82, 2.24) is 5.32 Å². The lowest BCUT2D eigenvalue weighted by Crippen LogP contribution is -2.32. The lowest BCUT2D eigenvalue weighted by molar-refractivity contribution is -0.148. The van der Waals surface area contributed by atoms with E-state index in [1.165, 1.54) is 83.5 Å². The fourth-order valence-electron chi connectivity index (χ4n) is 3.86. The van der Waals surface area contributed by atoms with Crippen LogP contribution in [0.2, 0.25) is 0 Å². The van der Waals surface area contributed by atoms with Crippen molar-refractivity contribution in [3.63, 3.8) is 0 Å². The van der Waals surface area contributed by atoms with Crippen LogP contribution in [0, 0.1) is 0 Å². The Morgan fingerprint density at radius 2 is 0.912 bits per heavy atom. The van der Waals surface area contributed by atoms with Gasteiger partial charge in [-0.3, -0.25) is 14.4 Å². The molecule has 1 N–H and O–H groups in total. The highest BCUT2D eigenvalue weighted by Gasteiger charge is 2.08. The molecule has 0 aliphatic carbocycles. The molecule has 0 fully saturated rings. The minimum atomic E-state index is -0.365. The largest absolute Gasteiger partial charge is 0.464 e. The van der Waals surface area contributed by atoms with Gasteiger partial charge in [0, 0.05) is 12.8 Å². The number of nitrogens with one attached hydrogen (secondary N) is 1. The molecule has 0 aromatic carbocycles. The Balaban J connectivity index is 3.42. The standard InChI is InChI=1S/C28H53NO5/c1-3-5-7-9-11-13-15-17-19-21-27(31)33-24-23-29-26(30)25-34-28(32)22-20-18-16-14-12-10-8-6-4-2/h3-25H2,1-2H3,(H,29,30). The van der Waals surface area contributed by atoms with Crippen LogP contribution < -0.4 is 5.32 Å². The molecular formula is C28H53NO5. The van der Waals surface area contributed by atoms with E-state index in [0.717, 1.165) is 32.1 Å². The van der Waals surface area contributed by atoms with Gasteiger partial charge in [-0.1, -0.05) is 117 Å². The van der Waals surface area contributed by atoms with Crippen molar-refractivity contribution in [2.75, 3.05) is 19.8 Å². The van der Waals surface area contributed by atoms with E-state index in [4.69, 9.17) is 9.47 Å². The van der Waals surface area contributed by atoms with Gasteiger partial charge < -0.3 is 14.8 Å². The number of carbonyl (C=O) groups is 3. The molecule has 200 valence electrons. The highest BCUT2D eigenvalue weighted by molar-refractivity contribution is 5.80. The summed E-state index contributed by atoms with van der Waals surface area (Å²) in [4.78, 5) is 35.2. The quantitative estimate of drug-likeness (QED) is 0.111. The third kappa shape index (κ3) is 25.0. The van der Waals surface area contributed by atoms with Crippen molar-refractivity contribution in [1.29, 1.82) is 0 Å². The summed E-state index contributed by atoms with van der Waals surface area (Å²) in [5.74, 6) is -0.912. The smallest absolute Gasteiger partial charge is 0.306 e. The molecule has 0 bridgehead atoms. The van der Waals surface area contributed by atoms with E-state index in [2.05, 4.69) is 19.2 Å². The number of amides is 1. The Labute approximate surface area is 209 Å². The van der Waals surface area contributed by atoms with Gasteiger partial charge >= 0.3 is 11.9 Å². The van der Waals surface area contributed by atoms with Crippen LogP contribution in [-0.2, 0) is 23.9 Å². The van der Waals surface area contributed by atoms with E-state index in [0.29, 0.717) is 12.8 Å². The van der Waals surface area contributed by atoms with Crippen LogP contribution in [0.1, 0.15) is 142 Å². The first-order valence-electron chi connectivity index (χ1n) is 14.2. The Kier molecular flexibility index (Phi) is 24.8. The van der Waals surface area contributed by atoms with E-state index >= 15 is 0 Å². The zero-order valence-corrected chi connectivity index (χ0v) is 22.3. The molecule has 1 amide bonds. The van der Waals surface area contributed by atoms with Gasteiger partial charge in [0.05, 0.1) is 6.54 Å². The van der Waals surface area contributed by atoms with E-state index in [1.54, 1.807) is 0 Å². The third-order valence-corrected chi connectivity index (χ3v) is 6.02. The van der Waals surface area contributed by atoms with Crippen molar-refractivity contribution in [2.45, 2.75) is 142 Å². The van der Waals surface area contributed by atoms with Crippen LogP contribution >= 0.6 is 0 Å². The lowest BCUT2D eigenvalue weighted by atomic mass is 10.1. The monoisotopic (exact) mass is 483 g/mol. The SMILES string of the molecule is CCCCCCCCCCCC(=O)OCCNC(=O)COC(=O)CCCCCCCCCCC. The molecular weight excluding hydrogens is 430 g/mol. The molecule has 6 heteroatoms. The van der Waals surface area contributed by atoms with Crippen molar-refractivity contribution >= 4 is 17.8 Å². The van der Waals surface area contributed by atoms with Crippen molar-refractivity contribution < 1.29 is 23.9 Å². The molecule has 0 radical (unpaired) electrons. The Hall–Kier alpha value is -1.59. The van der Waals surface area contributed by atoms with Crippen molar-refractivity contribution in [3.05, 3.63) is 0 Å². The first kappa shape index (κ1) is 32.4. The zero-order valence-electron chi connectivity index (χ0n) is 22.3. The number of rotatable bonds is 25. The van der Waals surface area contributed by atoms with Crippen LogP contribution in [0.3, 0.4) is 0 Å². The highest BCUT2D eigenvalue weighted by Crippen LogP contribution is 2.11. The average molecular weight is 484 g/mol. The summed E-state index contributed by atoms with van der Waals surface area (Å²) >= 11 is 0. The van der Waals surface area contributed by atoms with E-state index in [-0.39, 0.29) is 37.6 Å². The maximum atomic E-state index is 11.7. The number of carbonyl (C=O) groups excluding carboxylic acids is 3. The first-order valence-corrected chi connectivity index (χ1v) is 14.2. The Morgan fingerprint density at radius 1 is 0.529 bits per heavy atom. The van der Waals surface area contributed by atoms with Gasteiger partial charge in [-0.05, 0) is 12.8 Å². The Bertz CT molecular complexity index is 495. The van der Waals surface area contributed by atoms with Gasteiger partial charge in [-0.25, -0.2) is 0 Å². The second-order valence-electron chi connectivity index (χ2n) is 9.39. The lowest BCUT2D eigenvalue weighted by Gasteiger charge is -2.08. The van der Waals surface area contributed by atoms with Crippen LogP contribution in [-0.4, -0.2) is 37.6 Å². The molecule has 0 aromatic heterocycles. The minimum Gasteiger partial charge on any atom is -0.464 e. The van der Waals surface area contributed by atoms with Gasteiger partial charge in [0.25, 0.3) is 5.91 Å². The summed E-state index contributed by atoms with van der Waals surface area (Å²) in [6.45, 7) is 4.55. The second kappa shape index (κ2) is 26.0. The van der Waals surface area contributed by atoms with E-state index in [1.807, 2.05) is 0 Å². The molecule has 0 atom stereocenters. The maximum Gasteiger partial charge on any atom is 0.306 e. The maximum absolute atomic E-state index is 11.7. The summed E-state index contributed by atoms with van der Waals surface area (Å²) in [6, 6.07) is 0. The summed E-state index contributed by atoms with van der Waals surface area (Å²) in [5.41, 5.74) is 0. The molecule has 0 rings (SSSR count). The van der Waals surface area contributed by atoms with Gasteiger partial charge in [0.1, 0.15) is 6.61 Å². The van der Waals surface area contributed by atoms with Crippen LogP contribution in [0.25, 0.3) is 0 Å². The van der Waals surface area contributed by atoms with Crippen molar-refractivity contribution in [3.8, 4) is 0 Å².